The van der Waals surface area contributed by atoms with Gasteiger partial charge in [0.2, 0.25) is 18.6 Å². The van der Waals surface area contributed by atoms with Crippen molar-refractivity contribution in [2.24, 2.45) is 0 Å². The van der Waals surface area contributed by atoms with Crippen molar-refractivity contribution in [3.8, 4) is 11.5 Å². The molecule has 0 spiro atoms. The van der Waals surface area contributed by atoms with Gasteiger partial charge in [-0.1, -0.05) is 36.4 Å². The fourth-order valence-corrected chi connectivity index (χ4v) is 4.39. The molecule has 0 bridgehead atoms. The lowest BCUT2D eigenvalue weighted by Crippen LogP contribution is -2.52. The van der Waals surface area contributed by atoms with Crippen molar-refractivity contribution in [1.29, 1.82) is 0 Å². The Morgan fingerprint density at radius 1 is 1.00 bits per heavy atom. The molecule has 9 nitrogen and oxygen atoms in total. The van der Waals surface area contributed by atoms with Crippen LogP contribution in [0.25, 0.3) is 0 Å². The number of nitrogens with one attached hydrogen (secondary N) is 1. The van der Waals surface area contributed by atoms with Crippen molar-refractivity contribution in [2.45, 2.75) is 65.1 Å². The summed E-state index contributed by atoms with van der Waals surface area (Å²) in [7, 11) is 1.57. The quantitative estimate of drug-likeness (QED) is 0.507. The molecule has 2 aromatic carbocycles. The van der Waals surface area contributed by atoms with Gasteiger partial charge in [-0.3, -0.25) is 9.59 Å². The zero-order valence-corrected chi connectivity index (χ0v) is 23.2. The molecule has 1 aliphatic rings. The van der Waals surface area contributed by atoms with Gasteiger partial charge in [0.15, 0.2) is 11.5 Å². The molecule has 0 aromatic heterocycles. The molecule has 1 unspecified atom stereocenters. The molecule has 0 radical (unpaired) electrons. The Morgan fingerprint density at radius 2 is 1.68 bits per heavy atom. The van der Waals surface area contributed by atoms with E-state index in [0.717, 1.165) is 16.9 Å². The topological polar surface area (TPSA) is 97.4 Å². The van der Waals surface area contributed by atoms with Crippen LogP contribution in [-0.4, -0.2) is 72.3 Å². The Labute approximate surface area is 225 Å². The monoisotopic (exact) mass is 525 g/mol. The van der Waals surface area contributed by atoms with Gasteiger partial charge in [-0.2, -0.15) is 0 Å². The molecule has 1 N–H and O–H groups in total. The zero-order valence-electron chi connectivity index (χ0n) is 23.2. The van der Waals surface area contributed by atoms with Gasteiger partial charge in [-0.05, 0) is 64.3 Å². The summed E-state index contributed by atoms with van der Waals surface area (Å²) in [6, 6.07) is 14.2. The summed E-state index contributed by atoms with van der Waals surface area (Å²) >= 11 is 0. The highest BCUT2D eigenvalue weighted by molar-refractivity contribution is 5.89. The predicted octanol–water partition coefficient (Wildman–Crippen LogP) is 3.79. The van der Waals surface area contributed by atoms with Crippen LogP contribution in [0, 0.1) is 0 Å². The molecule has 2 atom stereocenters. The van der Waals surface area contributed by atoms with Gasteiger partial charge in [0.05, 0.1) is 6.54 Å². The third-order valence-corrected chi connectivity index (χ3v) is 6.18. The van der Waals surface area contributed by atoms with Crippen LogP contribution in [0.1, 0.15) is 45.7 Å². The lowest BCUT2D eigenvalue weighted by Gasteiger charge is -2.31. The minimum atomic E-state index is -0.883. The van der Waals surface area contributed by atoms with Crippen molar-refractivity contribution in [3.63, 3.8) is 0 Å². The summed E-state index contributed by atoms with van der Waals surface area (Å²) in [5.41, 5.74) is 1.21. The first-order valence-electron chi connectivity index (χ1n) is 12.9. The van der Waals surface area contributed by atoms with Crippen molar-refractivity contribution in [3.05, 3.63) is 59.7 Å². The molecule has 0 saturated heterocycles. The third-order valence-electron chi connectivity index (χ3n) is 6.18. The van der Waals surface area contributed by atoms with E-state index in [0.29, 0.717) is 18.7 Å². The number of amides is 3. The Hall–Kier alpha value is -3.75. The van der Waals surface area contributed by atoms with E-state index < -0.39 is 17.7 Å². The van der Waals surface area contributed by atoms with E-state index in [4.69, 9.17) is 14.2 Å². The minimum absolute atomic E-state index is 0.101. The third kappa shape index (κ3) is 8.13. The van der Waals surface area contributed by atoms with Crippen LogP contribution in [0.15, 0.2) is 48.5 Å². The molecular weight excluding hydrogens is 486 g/mol. The highest BCUT2D eigenvalue weighted by Gasteiger charge is 2.29. The van der Waals surface area contributed by atoms with Crippen LogP contribution in [0.3, 0.4) is 0 Å². The summed E-state index contributed by atoms with van der Waals surface area (Å²) in [6.45, 7) is 9.77. The standard InChI is InChI=1S/C29H39N3O6/c1-7-32(20(2)15-22-13-14-24-25(17-22)37-19-36-24)26(33)18-31(6)27(34)23(16-21-11-9-8-10-12-21)30-28(35)38-29(3,4)5/h8-14,17,20,23H,7,15-16,18-19H2,1-6H3,(H,30,35)/t20?,23-/m1/s1. The number of carbonyl (C=O) groups excluding carboxylic acids is 3. The molecule has 9 heteroatoms. The predicted molar refractivity (Wildman–Crippen MR) is 144 cm³/mol. The number of rotatable bonds is 10. The largest absolute Gasteiger partial charge is 0.454 e. The van der Waals surface area contributed by atoms with Crippen LogP contribution >= 0.6 is 0 Å². The molecule has 3 amide bonds. The van der Waals surface area contributed by atoms with Gasteiger partial charge < -0.3 is 29.3 Å². The number of carbonyl (C=O) groups is 3. The molecule has 0 saturated carbocycles. The van der Waals surface area contributed by atoms with E-state index in [1.165, 1.54) is 4.90 Å². The summed E-state index contributed by atoms with van der Waals surface area (Å²) < 4.78 is 16.2. The summed E-state index contributed by atoms with van der Waals surface area (Å²) in [6.07, 6.45) is 0.222. The maximum absolute atomic E-state index is 13.4. The summed E-state index contributed by atoms with van der Waals surface area (Å²) in [5.74, 6) is 0.881. The van der Waals surface area contributed by atoms with Crippen LogP contribution in [0.5, 0.6) is 11.5 Å². The number of benzene rings is 2. The molecule has 3 rings (SSSR count). The number of alkyl carbamates (subject to hydrolysis) is 1. The van der Waals surface area contributed by atoms with E-state index >= 15 is 0 Å². The molecule has 1 aliphatic heterocycles. The van der Waals surface area contributed by atoms with Crippen LogP contribution < -0.4 is 14.8 Å². The van der Waals surface area contributed by atoms with Crippen molar-refractivity contribution in [2.75, 3.05) is 26.9 Å². The maximum atomic E-state index is 13.4. The lowest BCUT2D eigenvalue weighted by molar-refractivity contribution is -0.141. The van der Waals surface area contributed by atoms with E-state index in [1.54, 1.807) is 32.7 Å². The van der Waals surface area contributed by atoms with Crippen molar-refractivity contribution < 1.29 is 28.6 Å². The molecule has 38 heavy (non-hydrogen) atoms. The van der Waals surface area contributed by atoms with Gasteiger partial charge in [0, 0.05) is 26.1 Å². The second-order valence-electron chi connectivity index (χ2n) is 10.5. The van der Waals surface area contributed by atoms with Crippen molar-refractivity contribution >= 4 is 17.9 Å². The first kappa shape index (κ1) is 28.8. The highest BCUT2D eigenvalue weighted by Crippen LogP contribution is 2.33. The maximum Gasteiger partial charge on any atom is 0.408 e. The Bertz CT molecular complexity index is 1120. The normalized spacial score (nSPS) is 13.8. The number of hydrogen-bond donors (Lipinski definition) is 1. The Balaban J connectivity index is 1.66. The van der Waals surface area contributed by atoms with Crippen LogP contribution in [-0.2, 0) is 27.2 Å². The average molecular weight is 526 g/mol. The van der Waals surface area contributed by atoms with Crippen LogP contribution in [0.2, 0.25) is 0 Å². The van der Waals surface area contributed by atoms with Gasteiger partial charge in [-0.25, -0.2) is 4.79 Å². The smallest absolute Gasteiger partial charge is 0.408 e. The second-order valence-corrected chi connectivity index (χ2v) is 10.5. The Kier molecular flexibility index (Phi) is 9.61. The fraction of sp³-hybridized carbons (Fsp3) is 0.483. The number of ether oxygens (including phenoxy) is 3. The highest BCUT2D eigenvalue weighted by atomic mass is 16.7. The number of nitrogens with zero attached hydrogens (tertiary/aromatic N) is 2. The van der Waals surface area contributed by atoms with Gasteiger partial charge in [0.25, 0.3) is 0 Å². The first-order chi connectivity index (χ1) is 18.0. The lowest BCUT2D eigenvalue weighted by atomic mass is 10.0. The molecule has 2 aromatic rings. The Morgan fingerprint density at radius 3 is 2.34 bits per heavy atom. The molecule has 0 aliphatic carbocycles. The molecule has 0 fully saturated rings. The number of hydrogen-bond acceptors (Lipinski definition) is 6. The summed E-state index contributed by atoms with van der Waals surface area (Å²) in [4.78, 5) is 42.3. The SMILES string of the molecule is CCN(C(=O)CN(C)C(=O)[C@@H](Cc1ccccc1)NC(=O)OC(C)(C)C)C(C)Cc1ccc2c(c1)OCO2. The van der Waals surface area contributed by atoms with Gasteiger partial charge in [-0.15, -0.1) is 0 Å². The zero-order chi connectivity index (χ0) is 27.9. The average Bonchev–Trinajstić information content (AvgIpc) is 3.31. The molecule has 206 valence electrons. The first-order valence-corrected chi connectivity index (χ1v) is 12.9. The second kappa shape index (κ2) is 12.7. The minimum Gasteiger partial charge on any atom is -0.454 e. The van der Waals surface area contributed by atoms with Gasteiger partial charge in [0.1, 0.15) is 11.6 Å². The van der Waals surface area contributed by atoms with E-state index in [-0.39, 0.29) is 37.6 Å². The van der Waals surface area contributed by atoms with Crippen LogP contribution in [0.4, 0.5) is 4.79 Å². The van der Waals surface area contributed by atoms with E-state index in [9.17, 15) is 14.4 Å². The molecule has 1 heterocycles. The van der Waals surface area contributed by atoms with E-state index in [1.807, 2.05) is 62.4 Å². The van der Waals surface area contributed by atoms with Gasteiger partial charge >= 0.3 is 6.09 Å². The fourth-order valence-electron chi connectivity index (χ4n) is 4.39. The number of fused-ring (bicyclic) bond motifs is 1. The van der Waals surface area contributed by atoms with E-state index in [2.05, 4.69) is 5.32 Å². The number of likely N-dealkylation sites (N-methyl/N-ethyl adjacent to an activating group) is 2. The molecular formula is C29H39N3O6. The summed E-state index contributed by atoms with van der Waals surface area (Å²) in [5, 5.41) is 2.70. The van der Waals surface area contributed by atoms with Crippen molar-refractivity contribution in [1.82, 2.24) is 15.1 Å².